The SMILES string of the molecule is CC#N.COC(=O)C1CCC(CN2C(=O)Cc3ccccc3NC2=O)CC1.COC(=O)C1CCC(CNC(=O)Cc2ccccc2N)CC1. The van der Waals surface area contributed by atoms with Gasteiger partial charge in [0.2, 0.25) is 11.8 Å². The number of amides is 4. The molecule has 2 saturated carbocycles. The minimum absolute atomic E-state index is 0.00649. The molecule has 1 aliphatic heterocycles. The summed E-state index contributed by atoms with van der Waals surface area (Å²) in [5, 5.41) is 13.1. The molecule has 5 rings (SSSR count). The van der Waals surface area contributed by atoms with Gasteiger partial charge in [0.05, 0.1) is 45.0 Å². The van der Waals surface area contributed by atoms with Gasteiger partial charge in [-0.25, -0.2) is 4.79 Å². The number of nitrogens with one attached hydrogen (secondary N) is 2. The number of anilines is 2. The maximum atomic E-state index is 12.5. The normalized spacial score (nSPS) is 21.4. The summed E-state index contributed by atoms with van der Waals surface area (Å²) in [6, 6.07) is 16.2. The average molecular weight is 676 g/mol. The van der Waals surface area contributed by atoms with Gasteiger partial charge in [-0.3, -0.25) is 24.1 Å². The van der Waals surface area contributed by atoms with Crippen molar-refractivity contribution in [1.82, 2.24) is 10.2 Å². The second-order valence-corrected chi connectivity index (χ2v) is 12.7. The van der Waals surface area contributed by atoms with E-state index < -0.39 is 0 Å². The van der Waals surface area contributed by atoms with Crippen LogP contribution in [-0.2, 0) is 41.5 Å². The predicted octanol–water partition coefficient (Wildman–Crippen LogP) is 5.02. The third-order valence-electron chi connectivity index (χ3n) is 9.34. The van der Waals surface area contributed by atoms with Crippen LogP contribution < -0.4 is 16.4 Å². The number of ether oxygens (including phenoxy) is 2. The lowest BCUT2D eigenvalue weighted by Gasteiger charge is -2.30. The van der Waals surface area contributed by atoms with Gasteiger partial charge in [0.15, 0.2) is 0 Å². The van der Waals surface area contributed by atoms with Crippen LogP contribution in [0.3, 0.4) is 0 Å². The molecule has 0 unspecified atom stereocenters. The third kappa shape index (κ3) is 11.9. The number of esters is 2. The molecule has 264 valence electrons. The number of methoxy groups -OCH3 is 2. The summed E-state index contributed by atoms with van der Waals surface area (Å²) in [4.78, 5) is 61.2. The minimum Gasteiger partial charge on any atom is -0.469 e. The standard InChI is InChI=1S/C18H22N2O4.C17H24N2O3.C2H3N/c1-24-17(22)13-8-6-12(7-9-13)11-20-16(21)10-14-4-2-3-5-15(14)19-18(20)23;1-22-17(21)13-8-6-12(7-9-13)11-19-16(20)10-14-4-2-3-5-15(14)18;1-2-3/h2-5,12-13H,6-11H2,1H3,(H,19,23);2-5,12-13H,6-11,18H2,1H3,(H,19,20);1H3. The minimum atomic E-state index is -0.361. The number of nitrogen functional groups attached to an aromatic ring is 1. The fraction of sp³-hybridized carbons (Fsp3) is 0.514. The Kier molecular flexibility index (Phi) is 15.6. The summed E-state index contributed by atoms with van der Waals surface area (Å²) in [6.07, 6.45) is 7.28. The molecule has 0 spiro atoms. The second-order valence-electron chi connectivity index (χ2n) is 12.7. The highest BCUT2D eigenvalue weighted by atomic mass is 16.5. The summed E-state index contributed by atoms with van der Waals surface area (Å²) in [5.41, 5.74) is 8.89. The second kappa shape index (κ2) is 19.8. The van der Waals surface area contributed by atoms with E-state index in [-0.39, 0.29) is 54.0 Å². The van der Waals surface area contributed by atoms with Crippen molar-refractivity contribution in [3.63, 3.8) is 0 Å². The zero-order valence-electron chi connectivity index (χ0n) is 28.7. The number of urea groups is 1. The van der Waals surface area contributed by atoms with E-state index in [0.717, 1.165) is 62.5 Å². The lowest BCUT2D eigenvalue weighted by molar-refractivity contribution is -0.147. The molecule has 12 heteroatoms. The first-order valence-corrected chi connectivity index (χ1v) is 16.9. The van der Waals surface area contributed by atoms with Gasteiger partial charge in [0.25, 0.3) is 0 Å². The maximum absolute atomic E-state index is 12.5. The van der Waals surface area contributed by atoms with Gasteiger partial charge < -0.3 is 25.8 Å². The van der Waals surface area contributed by atoms with Crippen LogP contribution in [0.15, 0.2) is 48.5 Å². The molecule has 12 nitrogen and oxygen atoms in total. The van der Waals surface area contributed by atoms with Gasteiger partial charge in [0.1, 0.15) is 0 Å². The number of para-hydroxylation sites is 2. The summed E-state index contributed by atoms with van der Waals surface area (Å²) < 4.78 is 9.57. The van der Waals surface area contributed by atoms with Gasteiger partial charge >= 0.3 is 18.0 Å². The Morgan fingerprint density at radius 1 is 0.878 bits per heavy atom. The number of carbonyl (C=O) groups excluding carboxylic acids is 5. The van der Waals surface area contributed by atoms with E-state index in [0.29, 0.717) is 36.8 Å². The van der Waals surface area contributed by atoms with Gasteiger partial charge in [0, 0.05) is 31.4 Å². The van der Waals surface area contributed by atoms with E-state index in [9.17, 15) is 24.0 Å². The number of nitriles is 1. The summed E-state index contributed by atoms with van der Waals surface area (Å²) in [6.45, 7) is 2.51. The molecule has 2 fully saturated rings. The molecule has 0 bridgehead atoms. The number of hydrogen-bond donors (Lipinski definition) is 3. The van der Waals surface area contributed by atoms with Crippen molar-refractivity contribution in [2.75, 3.05) is 38.4 Å². The van der Waals surface area contributed by atoms with Crippen molar-refractivity contribution in [3.8, 4) is 6.07 Å². The molecule has 0 atom stereocenters. The smallest absolute Gasteiger partial charge is 0.328 e. The van der Waals surface area contributed by atoms with Gasteiger partial charge in [-0.05, 0) is 86.5 Å². The lowest BCUT2D eigenvalue weighted by Crippen LogP contribution is -2.42. The maximum Gasteiger partial charge on any atom is 0.328 e. The number of hydrogen-bond acceptors (Lipinski definition) is 9. The fourth-order valence-corrected chi connectivity index (χ4v) is 6.50. The number of nitrogens with two attached hydrogens (primary N) is 1. The summed E-state index contributed by atoms with van der Waals surface area (Å²) in [7, 11) is 2.84. The monoisotopic (exact) mass is 675 g/mol. The molecular formula is C37H49N5O7. The Morgan fingerprint density at radius 3 is 1.98 bits per heavy atom. The van der Waals surface area contributed by atoms with Crippen molar-refractivity contribution < 1.29 is 33.4 Å². The van der Waals surface area contributed by atoms with Crippen molar-refractivity contribution >= 4 is 41.2 Å². The Morgan fingerprint density at radius 2 is 1.41 bits per heavy atom. The number of benzene rings is 2. The molecule has 49 heavy (non-hydrogen) atoms. The van der Waals surface area contributed by atoms with Crippen LogP contribution in [0, 0.1) is 35.0 Å². The molecule has 4 amide bonds. The zero-order valence-corrected chi connectivity index (χ0v) is 28.7. The molecule has 1 heterocycles. The van der Waals surface area contributed by atoms with Gasteiger partial charge in [-0.1, -0.05) is 36.4 Å². The van der Waals surface area contributed by atoms with Gasteiger partial charge in [-0.15, -0.1) is 0 Å². The molecule has 2 aliphatic carbocycles. The molecule has 0 radical (unpaired) electrons. The van der Waals surface area contributed by atoms with Gasteiger partial charge in [-0.2, -0.15) is 5.26 Å². The highest BCUT2D eigenvalue weighted by molar-refractivity contribution is 6.04. The number of imide groups is 1. The Hall–Kier alpha value is -4.92. The molecular weight excluding hydrogens is 626 g/mol. The molecule has 0 aromatic heterocycles. The fourth-order valence-electron chi connectivity index (χ4n) is 6.50. The molecule has 4 N–H and O–H groups in total. The van der Waals surface area contributed by atoms with Crippen LogP contribution in [0.25, 0.3) is 0 Å². The van der Waals surface area contributed by atoms with E-state index in [1.165, 1.54) is 26.0 Å². The van der Waals surface area contributed by atoms with Crippen LogP contribution in [0.1, 0.15) is 69.4 Å². The van der Waals surface area contributed by atoms with Crippen LogP contribution in [-0.4, -0.2) is 62.0 Å². The quantitative estimate of drug-likeness (QED) is 0.256. The van der Waals surface area contributed by atoms with Crippen LogP contribution in [0.5, 0.6) is 0 Å². The number of nitrogens with zero attached hydrogens (tertiary/aromatic N) is 2. The first kappa shape index (κ1) is 38.5. The summed E-state index contributed by atoms with van der Waals surface area (Å²) >= 11 is 0. The van der Waals surface area contributed by atoms with Crippen LogP contribution in [0.2, 0.25) is 0 Å². The highest BCUT2D eigenvalue weighted by Gasteiger charge is 2.33. The first-order valence-electron chi connectivity index (χ1n) is 16.9. The topological polar surface area (TPSA) is 181 Å². The third-order valence-corrected chi connectivity index (χ3v) is 9.34. The van der Waals surface area contributed by atoms with Crippen molar-refractivity contribution in [1.29, 1.82) is 5.26 Å². The summed E-state index contributed by atoms with van der Waals surface area (Å²) in [5.74, 6) is 0.208. The van der Waals surface area contributed by atoms with Crippen LogP contribution in [0.4, 0.5) is 16.2 Å². The van der Waals surface area contributed by atoms with Crippen molar-refractivity contribution in [2.45, 2.75) is 71.1 Å². The lowest BCUT2D eigenvalue weighted by atomic mass is 9.82. The highest BCUT2D eigenvalue weighted by Crippen LogP contribution is 2.31. The number of rotatable bonds is 8. The van der Waals surface area contributed by atoms with Crippen molar-refractivity contribution in [2.24, 2.45) is 23.7 Å². The zero-order chi connectivity index (χ0) is 35.8. The molecule has 0 saturated heterocycles. The number of fused-ring (bicyclic) bond motifs is 1. The first-order chi connectivity index (χ1) is 23.6. The van der Waals surface area contributed by atoms with E-state index in [1.807, 2.05) is 42.5 Å². The predicted molar refractivity (Wildman–Crippen MR) is 185 cm³/mol. The Balaban J connectivity index is 0.000000247. The van der Waals surface area contributed by atoms with E-state index in [2.05, 4.69) is 10.6 Å². The molecule has 3 aliphatic rings. The van der Waals surface area contributed by atoms with E-state index >= 15 is 0 Å². The molecule has 2 aromatic rings. The van der Waals surface area contributed by atoms with Crippen LogP contribution >= 0.6 is 0 Å². The van der Waals surface area contributed by atoms with Crippen molar-refractivity contribution in [3.05, 3.63) is 59.7 Å². The molecule has 2 aromatic carbocycles. The van der Waals surface area contributed by atoms with E-state index in [4.69, 9.17) is 20.5 Å². The van der Waals surface area contributed by atoms with E-state index in [1.54, 1.807) is 12.1 Å². The Bertz CT molecular complexity index is 1440. The Labute approximate surface area is 288 Å². The largest absolute Gasteiger partial charge is 0.469 e. The average Bonchev–Trinajstić information content (AvgIpc) is 3.23. The number of carbonyl (C=O) groups is 5.